The molecule has 0 radical (unpaired) electrons. The van der Waals surface area contributed by atoms with Crippen LogP contribution in [0.3, 0.4) is 0 Å². The Morgan fingerprint density at radius 2 is 2.22 bits per heavy atom. The van der Waals surface area contributed by atoms with Crippen molar-refractivity contribution in [1.29, 1.82) is 0 Å². The first-order chi connectivity index (χ1) is 8.52. The molecule has 1 unspecified atom stereocenters. The molecule has 0 aromatic heterocycles. The predicted molar refractivity (Wildman–Crippen MR) is 78.1 cm³/mol. The Morgan fingerprint density at radius 3 is 2.83 bits per heavy atom. The molecule has 1 atom stereocenters. The Morgan fingerprint density at radius 1 is 1.50 bits per heavy atom. The smallest absolute Gasteiger partial charge is 0.222 e. The molecular formula is C14H21BrN2O. The number of nitrogens with zero attached hydrogens (tertiary/aromatic N) is 1. The molecule has 0 spiro atoms. The highest BCUT2D eigenvalue weighted by Gasteiger charge is 2.11. The van der Waals surface area contributed by atoms with Crippen molar-refractivity contribution in [3.05, 3.63) is 34.3 Å². The zero-order chi connectivity index (χ0) is 13.5. The molecule has 0 bridgehead atoms. The number of carbonyl (C=O) groups is 1. The van der Waals surface area contributed by atoms with Gasteiger partial charge in [0.15, 0.2) is 0 Å². The Labute approximate surface area is 117 Å². The van der Waals surface area contributed by atoms with E-state index in [1.807, 2.05) is 31.3 Å². The number of hydrogen-bond donors (Lipinski definition) is 1. The molecule has 1 aromatic carbocycles. The molecule has 0 fully saturated rings. The van der Waals surface area contributed by atoms with E-state index in [1.165, 1.54) is 0 Å². The van der Waals surface area contributed by atoms with Crippen molar-refractivity contribution in [2.24, 2.45) is 11.7 Å². The largest absolute Gasteiger partial charge is 0.341 e. The molecule has 0 aliphatic carbocycles. The van der Waals surface area contributed by atoms with Gasteiger partial charge in [0.25, 0.3) is 0 Å². The summed E-state index contributed by atoms with van der Waals surface area (Å²) in [4.78, 5) is 13.7. The van der Waals surface area contributed by atoms with Gasteiger partial charge in [-0.2, -0.15) is 0 Å². The molecule has 0 heterocycles. The predicted octanol–water partition coefficient (Wildman–Crippen LogP) is 2.78. The monoisotopic (exact) mass is 312 g/mol. The zero-order valence-corrected chi connectivity index (χ0v) is 12.6. The zero-order valence-electron chi connectivity index (χ0n) is 11.0. The highest BCUT2D eigenvalue weighted by atomic mass is 79.9. The van der Waals surface area contributed by atoms with Crippen molar-refractivity contribution in [2.45, 2.75) is 26.3 Å². The summed E-state index contributed by atoms with van der Waals surface area (Å²) in [5.74, 6) is 0.587. The molecule has 2 N–H and O–H groups in total. The Kier molecular flexibility index (Phi) is 6.36. The third-order valence-corrected chi connectivity index (χ3v) is 3.48. The quantitative estimate of drug-likeness (QED) is 0.878. The Hall–Kier alpha value is -0.870. The number of halogens is 1. The lowest BCUT2D eigenvalue weighted by Crippen LogP contribution is -2.26. The van der Waals surface area contributed by atoms with Crippen LogP contribution in [0.25, 0.3) is 0 Å². The van der Waals surface area contributed by atoms with E-state index >= 15 is 0 Å². The minimum absolute atomic E-state index is 0.176. The van der Waals surface area contributed by atoms with E-state index in [2.05, 4.69) is 22.9 Å². The summed E-state index contributed by atoms with van der Waals surface area (Å²) in [5.41, 5.74) is 6.68. The molecule has 0 aliphatic rings. The maximum atomic E-state index is 11.9. The second kappa shape index (κ2) is 7.54. The number of benzene rings is 1. The topological polar surface area (TPSA) is 46.3 Å². The standard InChI is InChI=1S/C14H21BrN2O/c1-11(9-16)6-7-14(18)17(2)10-12-4-3-5-13(15)8-12/h3-5,8,11H,6-7,9-10,16H2,1-2H3. The average molecular weight is 313 g/mol. The van der Waals surface area contributed by atoms with E-state index in [4.69, 9.17) is 5.73 Å². The summed E-state index contributed by atoms with van der Waals surface area (Å²) >= 11 is 3.43. The molecule has 4 heteroatoms. The van der Waals surface area contributed by atoms with E-state index in [0.29, 0.717) is 25.4 Å². The molecule has 0 saturated carbocycles. The van der Waals surface area contributed by atoms with Gasteiger partial charge in [0.1, 0.15) is 0 Å². The second-order valence-electron chi connectivity index (χ2n) is 4.76. The van der Waals surface area contributed by atoms with E-state index in [0.717, 1.165) is 16.5 Å². The van der Waals surface area contributed by atoms with Crippen LogP contribution in [-0.2, 0) is 11.3 Å². The Balaban J connectivity index is 2.45. The van der Waals surface area contributed by atoms with Gasteiger partial charge in [-0.25, -0.2) is 0 Å². The third-order valence-electron chi connectivity index (χ3n) is 2.99. The van der Waals surface area contributed by atoms with Gasteiger partial charge in [0.2, 0.25) is 5.91 Å². The minimum atomic E-state index is 0.176. The van der Waals surface area contributed by atoms with Gasteiger partial charge in [-0.15, -0.1) is 0 Å². The van der Waals surface area contributed by atoms with Crippen molar-refractivity contribution in [1.82, 2.24) is 4.90 Å². The molecule has 1 rings (SSSR count). The van der Waals surface area contributed by atoms with Crippen molar-refractivity contribution in [2.75, 3.05) is 13.6 Å². The lowest BCUT2D eigenvalue weighted by atomic mass is 10.1. The number of hydrogen-bond acceptors (Lipinski definition) is 2. The first kappa shape index (κ1) is 15.2. The number of nitrogens with two attached hydrogens (primary N) is 1. The van der Waals surface area contributed by atoms with Gasteiger partial charge in [0, 0.05) is 24.5 Å². The molecule has 0 aliphatic heterocycles. The maximum Gasteiger partial charge on any atom is 0.222 e. The number of amides is 1. The number of rotatable bonds is 6. The van der Waals surface area contributed by atoms with Gasteiger partial charge >= 0.3 is 0 Å². The molecule has 18 heavy (non-hydrogen) atoms. The third kappa shape index (κ3) is 5.19. The minimum Gasteiger partial charge on any atom is -0.341 e. The Bertz CT molecular complexity index is 395. The van der Waals surface area contributed by atoms with Crippen LogP contribution in [-0.4, -0.2) is 24.4 Å². The SMILES string of the molecule is CC(CN)CCC(=O)N(C)Cc1cccc(Br)c1. The first-order valence-electron chi connectivity index (χ1n) is 6.21. The van der Waals surface area contributed by atoms with Gasteiger partial charge in [0.05, 0.1) is 0 Å². The molecular weight excluding hydrogens is 292 g/mol. The molecule has 1 aromatic rings. The van der Waals surface area contributed by atoms with Crippen LogP contribution in [0.4, 0.5) is 0 Å². The van der Waals surface area contributed by atoms with Gasteiger partial charge < -0.3 is 10.6 Å². The van der Waals surface area contributed by atoms with E-state index < -0.39 is 0 Å². The van der Waals surface area contributed by atoms with Crippen molar-refractivity contribution in [3.8, 4) is 0 Å². The molecule has 1 amide bonds. The normalized spacial score (nSPS) is 12.2. The van der Waals surface area contributed by atoms with E-state index in [1.54, 1.807) is 4.90 Å². The van der Waals surface area contributed by atoms with Crippen molar-refractivity contribution in [3.63, 3.8) is 0 Å². The van der Waals surface area contributed by atoms with Gasteiger partial charge in [-0.05, 0) is 36.6 Å². The molecule has 3 nitrogen and oxygen atoms in total. The van der Waals surface area contributed by atoms with Crippen LogP contribution < -0.4 is 5.73 Å². The van der Waals surface area contributed by atoms with Crippen LogP contribution in [0.2, 0.25) is 0 Å². The van der Waals surface area contributed by atoms with Gasteiger partial charge in [-0.3, -0.25) is 4.79 Å². The lowest BCUT2D eigenvalue weighted by molar-refractivity contribution is -0.130. The van der Waals surface area contributed by atoms with Crippen molar-refractivity contribution < 1.29 is 4.79 Å². The van der Waals surface area contributed by atoms with Crippen LogP contribution in [0.5, 0.6) is 0 Å². The fourth-order valence-electron chi connectivity index (χ4n) is 1.68. The molecule has 0 saturated heterocycles. The lowest BCUT2D eigenvalue weighted by Gasteiger charge is -2.18. The van der Waals surface area contributed by atoms with Crippen LogP contribution >= 0.6 is 15.9 Å². The maximum absolute atomic E-state index is 11.9. The molecule has 100 valence electrons. The highest BCUT2D eigenvalue weighted by Crippen LogP contribution is 2.14. The van der Waals surface area contributed by atoms with Crippen LogP contribution in [0, 0.1) is 5.92 Å². The van der Waals surface area contributed by atoms with Crippen LogP contribution in [0.15, 0.2) is 28.7 Å². The van der Waals surface area contributed by atoms with Crippen LogP contribution in [0.1, 0.15) is 25.3 Å². The summed E-state index contributed by atoms with van der Waals surface area (Å²) in [7, 11) is 1.84. The first-order valence-corrected chi connectivity index (χ1v) is 7.00. The summed E-state index contributed by atoms with van der Waals surface area (Å²) < 4.78 is 1.04. The van der Waals surface area contributed by atoms with Gasteiger partial charge in [-0.1, -0.05) is 35.0 Å². The van der Waals surface area contributed by atoms with Crippen molar-refractivity contribution >= 4 is 21.8 Å². The highest BCUT2D eigenvalue weighted by molar-refractivity contribution is 9.10. The summed E-state index contributed by atoms with van der Waals surface area (Å²) in [6.45, 7) is 3.36. The van der Waals surface area contributed by atoms with E-state index in [9.17, 15) is 4.79 Å². The fourth-order valence-corrected chi connectivity index (χ4v) is 2.12. The second-order valence-corrected chi connectivity index (χ2v) is 5.67. The average Bonchev–Trinajstić information content (AvgIpc) is 2.35. The summed E-state index contributed by atoms with van der Waals surface area (Å²) in [6, 6.07) is 8.02. The van der Waals surface area contributed by atoms with E-state index in [-0.39, 0.29) is 5.91 Å². The summed E-state index contributed by atoms with van der Waals surface area (Å²) in [6.07, 6.45) is 1.43. The number of carbonyl (C=O) groups excluding carboxylic acids is 1. The summed E-state index contributed by atoms with van der Waals surface area (Å²) in [5, 5.41) is 0. The fraction of sp³-hybridized carbons (Fsp3) is 0.500.